The maximum Gasteiger partial charge on any atom is 0.241 e. The highest BCUT2D eigenvalue weighted by molar-refractivity contribution is 7.99. The summed E-state index contributed by atoms with van der Waals surface area (Å²) in [6, 6.07) is 5.61. The molecule has 0 spiro atoms. The summed E-state index contributed by atoms with van der Waals surface area (Å²) >= 11 is 7.57. The van der Waals surface area contributed by atoms with Crippen LogP contribution in [0.2, 0.25) is 5.02 Å². The third-order valence-electron chi connectivity index (χ3n) is 5.50. The fraction of sp³-hybridized carbons (Fsp3) is 0.600. The molecule has 1 aromatic carbocycles. The fourth-order valence-corrected chi connectivity index (χ4v) is 6.10. The molecule has 1 aliphatic heterocycles. The van der Waals surface area contributed by atoms with Crippen molar-refractivity contribution in [1.29, 1.82) is 0 Å². The number of likely N-dealkylation sites (tertiary alicyclic amines) is 1. The molecule has 0 radical (unpaired) electrons. The third kappa shape index (κ3) is 5.97. The van der Waals surface area contributed by atoms with E-state index < -0.39 is 16.1 Å². The molecule has 0 amide bonds. The van der Waals surface area contributed by atoms with Gasteiger partial charge in [-0.15, -0.1) is 10.2 Å². The number of halogens is 1. The summed E-state index contributed by atoms with van der Waals surface area (Å²) in [5, 5.41) is 9.96. The largest absolute Gasteiger partial charge is 0.306 e. The fourth-order valence-electron chi connectivity index (χ4n) is 3.66. The lowest BCUT2D eigenvalue weighted by atomic mass is 9.95. The molecule has 7 nitrogen and oxygen atoms in total. The monoisotopic (exact) mass is 471 g/mol. The first kappa shape index (κ1) is 23.5. The summed E-state index contributed by atoms with van der Waals surface area (Å²) < 4.78 is 30.1. The van der Waals surface area contributed by atoms with E-state index in [1.807, 2.05) is 11.5 Å². The van der Waals surface area contributed by atoms with E-state index in [0.717, 1.165) is 16.8 Å². The van der Waals surface area contributed by atoms with Crippen molar-refractivity contribution in [3.8, 4) is 0 Å². The second-order valence-corrected chi connectivity index (χ2v) is 11.0. The lowest BCUT2D eigenvalue weighted by Crippen LogP contribution is -2.30. The van der Waals surface area contributed by atoms with Crippen LogP contribution in [0.3, 0.4) is 0 Å². The van der Waals surface area contributed by atoms with Crippen molar-refractivity contribution in [2.45, 2.75) is 55.7 Å². The first-order chi connectivity index (χ1) is 14.3. The van der Waals surface area contributed by atoms with Crippen LogP contribution in [0, 0.1) is 5.92 Å². The lowest BCUT2D eigenvalue weighted by Gasteiger charge is -2.28. The topological polar surface area (TPSA) is 80.1 Å². The number of aromatic nitrogens is 3. The molecule has 0 saturated carbocycles. The molecule has 2 heterocycles. The summed E-state index contributed by atoms with van der Waals surface area (Å²) in [4.78, 5) is 2.56. The van der Waals surface area contributed by atoms with Gasteiger partial charge in [-0.1, -0.05) is 23.4 Å². The Morgan fingerprint density at radius 2 is 1.90 bits per heavy atom. The van der Waals surface area contributed by atoms with Crippen LogP contribution in [0.1, 0.15) is 45.0 Å². The van der Waals surface area contributed by atoms with Gasteiger partial charge >= 0.3 is 0 Å². The van der Waals surface area contributed by atoms with E-state index >= 15 is 0 Å². The Kier molecular flexibility index (Phi) is 8.20. The van der Waals surface area contributed by atoms with Crippen LogP contribution in [0.4, 0.5) is 0 Å². The average Bonchev–Trinajstić information content (AvgIpc) is 3.12. The molecule has 166 valence electrons. The van der Waals surface area contributed by atoms with E-state index in [4.69, 9.17) is 11.6 Å². The Hall–Kier alpha value is -1.13. The SMILES string of the molecule is CCn1c(SCCC2CCN(C)CC2)nnc1[C@@H](C)NS(=O)(=O)c1ccc(Cl)cc1. The molecule has 1 aromatic heterocycles. The molecule has 2 aromatic rings. The summed E-state index contributed by atoms with van der Waals surface area (Å²) in [7, 11) is -1.50. The molecule has 1 aliphatic rings. The number of hydrogen-bond acceptors (Lipinski definition) is 6. The number of rotatable bonds is 9. The van der Waals surface area contributed by atoms with Crippen LogP contribution in [-0.4, -0.2) is 54.0 Å². The van der Waals surface area contributed by atoms with Crippen molar-refractivity contribution in [2.75, 3.05) is 25.9 Å². The standard InChI is InChI=1S/C20H30ClN5O2S2/c1-4-26-19(15(2)24-30(27,28)18-7-5-17(21)6-8-18)22-23-20(26)29-14-11-16-9-12-25(3)13-10-16/h5-8,15-16,24H,4,9-14H2,1-3H3/t15-/m1/s1. The Bertz CT molecular complexity index is 925. The Morgan fingerprint density at radius 3 is 2.53 bits per heavy atom. The second kappa shape index (κ2) is 10.5. The van der Waals surface area contributed by atoms with E-state index in [0.29, 0.717) is 17.4 Å². The van der Waals surface area contributed by atoms with Crippen LogP contribution >= 0.6 is 23.4 Å². The zero-order valence-electron chi connectivity index (χ0n) is 17.7. The van der Waals surface area contributed by atoms with Gasteiger partial charge in [0.15, 0.2) is 11.0 Å². The van der Waals surface area contributed by atoms with Gasteiger partial charge < -0.3 is 9.47 Å². The van der Waals surface area contributed by atoms with Gasteiger partial charge in [0, 0.05) is 17.3 Å². The zero-order valence-corrected chi connectivity index (χ0v) is 20.1. The van der Waals surface area contributed by atoms with Crippen molar-refractivity contribution >= 4 is 33.4 Å². The molecular formula is C20H30ClN5O2S2. The van der Waals surface area contributed by atoms with Crippen molar-refractivity contribution in [3.05, 3.63) is 35.1 Å². The Labute approximate surface area is 188 Å². The highest BCUT2D eigenvalue weighted by atomic mass is 35.5. The van der Waals surface area contributed by atoms with Gasteiger partial charge in [0.1, 0.15) is 0 Å². The van der Waals surface area contributed by atoms with Gasteiger partial charge in [0.2, 0.25) is 10.0 Å². The summed E-state index contributed by atoms with van der Waals surface area (Å²) in [5.74, 6) is 2.39. The smallest absolute Gasteiger partial charge is 0.241 e. The number of nitrogens with zero attached hydrogens (tertiary/aromatic N) is 4. The quantitative estimate of drug-likeness (QED) is 0.560. The number of hydrogen-bond donors (Lipinski definition) is 1. The predicted octanol–water partition coefficient (Wildman–Crippen LogP) is 3.81. The van der Waals surface area contributed by atoms with E-state index in [-0.39, 0.29) is 4.90 Å². The summed E-state index contributed by atoms with van der Waals surface area (Å²) in [6.45, 7) is 6.85. The van der Waals surface area contributed by atoms with Crippen LogP contribution in [-0.2, 0) is 16.6 Å². The van der Waals surface area contributed by atoms with Gasteiger partial charge in [-0.25, -0.2) is 13.1 Å². The summed E-state index contributed by atoms with van der Waals surface area (Å²) in [6.07, 6.45) is 3.68. The highest BCUT2D eigenvalue weighted by Crippen LogP contribution is 2.26. The van der Waals surface area contributed by atoms with E-state index in [9.17, 15) is 8.42 Å². The lowest BCUT2D eigenvalue weighted by molar-refractivity contribution is 0.217. The van der Waals surface area contributed by atoms with Crippen molar-refractivity contribution in [3.63, 3.8) is 0 Å². The molecule has 0 aliphatic carbocycles. The molecule has 1 atom stereocenters. The second-order valence-electron chi connectivity index (χ2n) is 7.77. The first-order valence-electron chi connectivity index (χ1n) is 10.3. The first-order valence-corrected chi connectivity index (χ1v) is 13.2. The predicted molar refractivity (Wildman–Crippen MR) is 121 cm³/mol. The number of sulfonamides is 1. The van der Waals surface area contributed by atoms with E-state index in [2.05, 4.69) is 26.9 Å². The molecule has 1 fully saturated rings. The molecule has 3 rings (SSSR count). The van der Waals surface area contributed by atoms with Crippen LogP contribution in [0.25, 0.3) is 0 Å². The zero-order chi connectivity index (χ0) is 21.7. The number of thioether (sulfide) groups is 1. The highest BCUT2D eigenvalue weighted by Gasteiger charge is 2.24. The number of nitrogens with one attached hydrogen (secondary N) is 1. The van der Waals surface area contributed by atoms with Gasteiger partial charge in [-0.05, 0) is 83.4 Å². The molecular weight excluding hydrogens is 442 g/mol. The Morgan fingerprint density at radius 1 is 1.23 bits per heavy atom. The maximum absolute atomic E-state index is 12.7. The van der Waals surface area contributed by atoms with E-state index in [1.54, 1.807) is 30.8 Å². The van der Waals surface area contributed by atoms with Gasteiger partial charge in [-0.2, -0.15) is 0 Å². The number of piperidine rings is 1. The van der Waals surface area contributed by atoms with Crippen molar-refractivity contribution in [1.82, 2.24) is 24.4 Å². The maximum atomic E-state index is 12.7. The van der Waals surface area contributed by atoms with Crippen LogP contribution < -0.4 is 4.72 Å². The van der Waals surface area contributed by atoms with Crippen LogP contribution in [0.15, 0.2) is 34.3 Å². The van der Waals surface area contributed by atoms with Gasteiger partial charge in [0.25, 0.3) is 0 Å². The third-order valence-corrected chi connectivity index (χ3v) is 8.31. The normalized spacial score (nSPS) is 17.3. The molecule has 0 bridgehead atoms. The molecule has 1 N–H and O–H groups in total. The molecule has 10 heteroatoms. The van der Waals surface area contributed by atoms with Gasteiger partial charge in [0.05, 0.1) is 10.9 Å². The average molecular weight is 472 g/mol. The van der Waals surface area contributed by atoms with Crippen molar-refractivity contribution in [2.24, 2.45) is 5.92 Å². The van der Waals surface area contributed by atoms with E-state index in [1.165, 1.54) is 44.5 Å². The number of benzene rings is 1. The molecule has 0 unspecified atom stereocenters. The van der Waals surface area contributed by atoms with Crippen LogP contribution in [0.5, 0.6) is 0 Å². The van der Waals surface area contributed by atoms with Crippen molar-refractivity contribution < 1.29 is 8.42 Å². The summed E-state index contributed by atoms with van der Waals surface area (Å²) in [5.41, 5.74) is 0. The molecule has 30 heavy (non-hydrogen) atoms. The van der Waals surface area contributed by atoms with Gasteiger partial charge in [-0.3, -0.25) is 0 Å². The molecule has 1 saturated heterocycles. The minimum atomic E-state index is -3.68. The Balaban J connectivity index is 1.62. The minimum Gasteiger partial charge on any atom is -0.306 e. The minimum absolute atomic E-state index is 0.175.